The summed E-state index contributed by atoms with van der Waals surface area (Å²) in [6.07, 6.45) is 10.6. The van der Waals surface area contributed by atoms with Gasteiger partial charge in [-0.2, -0.15) is 0 Å². The van der Waals surface area contributed by atoms with Crippen LogP contribution in [-0.2, 0) is 17.0 Å². The van der Waals surface area contributed by atoms with Gasteiger partial charge >= 0.3 is 35.6 Å². The zero-order chi connectivity index (χ0) is 10.1. The van der Waals surface area contributed by atoms with Crippen molar-refractivity contribution in [3.8, 4) is 0 Å². The molecule has 0 unspecified atom stereocenters. The molecular weight excluding hydrogens is 239 g/mol. The van der Waals surface area contributed by atoms with Crippen LogP contribution in [0.2, 0.25) is 0 Å². The van der Waals surface area contributed by atoms with E-state index in [1.165, 1.54) is 30.8 Å². The van der Waals surface area contributed by atoms with Crippen molar-refractivity contribution in [2.24, 2.45) is 0 Å². The van der Waals surface area contributed by atoms with Crippen molar-refractivity contribution in [2.75, 3.05) is 0 Å². The molecule has 3 heteroatoms. The van der Waals surface area contributed by atoms with Crippen molar-refractivity contribution >= 4 is 18.6 Å². The van der Waals surface area contributed by atoms with E-state index in [0.29, 0.717) is 0 Å². The van der Waals surface area contributed by atoms with Crippen LogP contribution in [0.3, 0.4) is 0 Å². The van der Waals surface area contributed by atoms with E-state index in [-0.39, 0.29) is 0 Å². The van der Waals surface area contributed by atoms with Crippen LogP contribution < -0.4 is 0 Å². The van der Waals surface area contributed by atoms with Crippen LogP contribution >= 0.6 is 18.6 Å². The summed E-state index contributed by atoms with van der Waals surface area (Å²) in [6.45, 7) is 4.38. The Kier molecular flexibility index (Phi) is 9.89. The predicted octanol–water partition coefficient (Wildman–Crippen LogP) is 4.64. The van der Waals surface area contributed by atoms with Crippen molar-refractivity contribution in [3.63, 3.8) is 0 Å². The molecule has 1 radical (unpaired) electrons. The summed E-state index contributed by atoms with van der Waals surface area (Å²) in [7, 11) is 9.78. The molecule has 1 rings (SSSR count). The van der Waals surface area contributed by atoms with Gasteiger partial charge in [0.25, 0.3) is 0 Å². The monoisotopic (exact) mass is 253 g/mol. The SMILES string of the molecule is CCCC[C]1C=CC(C)=C1.[Cl][Ti][Cl]. The fourth-order valence-corrected chi connectivity index (χ4v) is 1.16. The van der Waals surface area contributed by atoms with Gasteiger partial charge in [-0.3, -0.25) is 0 Å². The van der Waals surface area contributed by atoms with Gasteiger partial charge in [0.05, 0.1) is 0 Å². The van der Waals surface area contributed by atoms with Crippen LogP contribution in [0.15, 0.2) is 23.8 Å². The van der Waals surface area contributed by atoms with Crippen LogP contribution in [-0.4, -0.2) is 0 Å². The second kappa shape index (κ2) is 9.33. The number of halogens is 2. The van der Waals surface area contributed by atoms with Crippen molar-refractivity contribution in [1.29, 1.82) is 0 Å². The summed E-state index contributed by atoms with van der Waals surface area (Å²) in [5.74, 6) is 1.50. The van der Waals surface area contributed by atoms with E-state index in [1.807, 2.05) is 0 Å². The third-order valence-electron chi connectivity index (χ3n) is 1.79. The molecule has 0 saturated carbocycles. The molecule has 0 atom stereocenters. The maximum atomic E-state index is 4.89. The van der Waals surface area contributed by atoms with E-state index < -0.39 is 17.0 Å². The molecule has 0 aromatic rings. The van der Waals surface area contributed by atoms with Gasteiger partial charge in [0.1, 0.15) is 0 Å². The van der Waals surface area contributed by atoms with Crippen LogP contribution in [0.25, 0.3) is 0 Å². The second-order valence-electron chi connectivity index (χ2n) is 2.97. The van der Waals surface area contributed by atoms with Gasteiger partial charge in [-0.15, -0.1) is 0 Å². The third kappa shape index (κ3) is 7.82. The summed E-state index contributed by atoms with van der Waals surface area (Å²) in [5, 5.41) is 0. The second-order valence-corrected chi connectivity index (χ2v) is 5.55. The molecule has 1 aliphatic rings. The molecule has 0 aliphatic heterocycles. The summed E-state index contributed by atoms with van der Waals surface area (Å²) in [4.78, 5) is 0. The van der Waals surface area contributed by atoms with E-state index in [2.05, 4.69) is 32.1 Å². The Labute approximate surface area is 98.1 Å². The Morgan fingerprint density at radius 1 is 1.31 bits per heavy atom. The molecule has 73 valence electrons. The molecule has 13 heavy (non-hydrogen) atoms. The molecule has 1 aliphatic carbocycles. The van der Waals surface area contributed by atoms with Gasteiger partial charge in [-0.05, 0) is 13.3 Å². The molecule has 0 nitrogen and oxygen atoms in total. The quantitative estimate of drug-likeness (QED) is 0.643. The van der Waals surface area contributed by atoms with E-state index in [1.54, 1.807) is 0 Å². The molecule has 0 heterocycles. The standard InChI is InChI=1S/C10H15.2ClH.Ti/c1-3-4-5-10-7-6-9(2)8-10;;;/h6-8H,3-5H2,1-2H3;2*1H;/q;;;+2/p-2. The number of hydrogen-bond acceptors (Lipinski definition) is 0. The average molecular weight is 254 g/mol. The van der Waals surface area contributed by atoms with Crippen molar-refractivity contribution in [3.05, 3.63) is 29.7 Å². The molecule has 0 fully saturated rings. The van der Waals surface area contributed by atoms with Crippen molar-refractivity contribution in [1.82, 2.24) is 0 Å². The fraction of sp³-hybridized carbons (Fsp3) is 0.500. The van der Waals surface area contributed by atoms with Crippen molar-refractivity contribution < 1.29 is 17.0 Å². The minimum absolute atomic E-state index is 0.556. The van der Waals surface area contributed by atoms with E-state index in [4.69, 9.17) is 18.6 Å². The minimum atomic E-state index is -0.556. The van der Waals surface area contributed by atoms with Crippen LogP contribution in [0.5, 0.6) is 0 Å². The van der Waals surface area contributed by atoms with Gasteiger partial charge in [0.2, 0.25) is 0 Å². The first-order chi connectivity index (χ1) is 6.24. The molecule has 0 saturated heterocycles. The first-order valence-electron chi connectivity index (χ1n) is 4.43. The molecular formula is C10H15Cl2Ti. The Morgan fingerprint density at radius 3 is 2.31 bits per heavy atom. The number of hydrogen-bond donors (Lipinski definition) is 0. The van der Waals surface area contributed by atoms with Crippen LogP contribution in [0.4, 0.5) is 0 Å². The Hall–Kier alpha value is 0.774. The van der Waals surface area contributed by atoms with Gasteiger partial charge in [-0.1, -0.05) is 43.6 Å². The summed E-state index contributed by atoms with van der Waals surface area (Å²) in [5.41, 5.74) is 1.39. The number of allylic oxidation sites excluding steroid dienone is 4. The topological polar surface area (TPSA) is 0 Å². The summed E-state index contributed by atoms with van der Waals surface area (Å²) in [6, 6.07) is 0. The summed E-state index contributed by atoms with van der Waals surface area (Å²) >= 11 is -0.556. The molecule has 0 bridgehead atoms. The van der Waals surface area contributed by atoms with Crippen molar-refractivity contribution in [2.45, 2.75) is 33.1 Å². The first-order valence-corrected chi connectivity index (χ1v) is 8.72. The molecule has 0 spiro atoms. The van der Waals surface area contributed by atoms with E-state index in [9.17, 15) is 0 Å². The number of rotatable bonds is 3. The van der Waals surface area contributed by atoms with Crippen LogP contribution in [0, 0.1) is 5.92 Å². The average Bonchev–Trinajstić information content (AvgIpc) is 2.49. The molecule has 0 aromatic carbocycles. The first kappa shape index (κ1) is 13.8. The van der Waals surface area contributed by atoms with Gasteiger partial charge in [0, 0.05) is 5.92 Å². The molecule has 0 aromatic heterocycles. The molecule has 0 N–H and O–H groups in total. The van der Waals surface area contributed by atoms with Crippen LogP contribution in [0.1, 0.15) is 33.1 Å². The third-order valence-corrected chi connectivity index (χ3v) is 1.79. The Balaban J connectivity index is 0.000000424. The fourth-order valence-electron chi connectivity index (χ4n) is 1.16. The van der Waals surface area contributed by atoms with E-state index in [0.717, 1.165) is 0 Å². The van der Waals surface area contributed by atoms with Gasteiger partial charge < -0.3 is 0 Å². The zero-order valence-electron chi connectivity index (χ0n) is 8.11. The normalized spacial score (nSPS) is 14.9. The maximum absolute atomic E-state index is 4.89. The van der Waals surface area contributed by atoms with Gasteiger partial charge in [0.15, 0.2) is 0 Å². The zero-order valence-corrected chi connectivity index (χ0v) is 11.2. The van der Waals surface area contributed by atoms with Gasteiger partial charge in [-0.25, -0.2) is 0 Å². The number of unbranched alkanes of at least 4 members (excludes halogenated alkanes) is 1. The molecule has 0 amide bonds. The van der Waals surface area contributed by atoms with E-state index >= 15 is 0 Å². The Bertz CT molecular complexity index is 176. The summed E-state index contributed by atoms with van der Waals surface area (Å²) < 4.78 is 0. The Morgan fingerprint density at radius 2 is 1.92 bits per heavy atom. The predicted molar refractivity (Wildman–Crippen MR) is 57.4 cm³/mol.